The van der Waals surface area contributed by atoms with Gasteiger partial charge in [-0.1, -0.05) is 225 Å². The van der Waals surface area contributed by atoms with E-state index in [0.717, 1.165) is 32.1 Å². The van der Waals surface area contributed by atoms with Crippen LogP contribution >= 0.6 is 0 Å². The van der Waals surface area contributed by atoms with Crippen LogP contribution in [0, 0.1) is 0 Å². The number of aliphatic carboxylic acids is 1. The highest BCUT2D eigenvalue weighted by molar-refractivity contribution is 5.69. The average Bonchev–Trinajstić information content (AvgIpc) is 3.12. The summed E-state index contributed by atoms with van der Waals surface area (Å²) in [7, 11) is 0. The first-order valence-corrected chi connectivity index (χ1v) is 23.2. The Bertz CT molecular complexity index is 717. The fraction of sp³-hybridized carbons (Fsp3) is 0.915. The van der Waals surface area contributed by atoms with Crippen LogP contribution in [-0.2, 0) is 14.3 Å². The smallest absolute Gasteiger partial charge is 0.305 e. The molecule has 4 heteroatoms. The molecule has 0 saturated carbocycles. The molecule has 302 valence electrons. The lowest BCUT2D eigenvalue weighted by Crippen LogP contribution is -2.05. The Hall–Kier alpha value is -1.32. The van der Waals surface area contributed by atoms with Gasteiger partial charge < -0.3 is 9.84 Å². The number of allylic oxidation sites excluding steroid dienone is 2. The van der Waals surface area contributed by atoms with Gasteiger partial charge in [0.15, 0.2) is 0 Å². The lowest BCUT2D eigenvalue weighted by atomic mass is 10.0. The minimum Gasteiger partial charge on any atom is -0.481 e. The van der Waals surface area contributed by atoms with E-state index < -0.39 is 5.97 Å². The SMILES string of the molecule is CCCCCC/C=C\CCCCCCCC(=O)OCCCCCCCCCCCCCCCCCCCCCCCCCCCCCCC(=O)O. The Morgan fingerprint density at radius 3 is 0.980 bits per heavy atom. The summed E-state index contributed by atoms with van der Waals surface area (Å²) in [4.78, 5) is 22.5. The topological polar surface area (TPSA) is 63.6 Å². The lowest BCUT2D eigenvalue weighted by Gasteiger charge is -2.06. The van der Waals surface area contributed by atoms with E-state index in [1.54, 1.807) is 0 Å². The van der Waals surface area contributed by atoms with Crippen molar-refractivity contribution in [3.63, 3.8) is 0 Å². The number of esters is 1. The molecule has 1 N–H and O–H groups in total. The molecule has 0 radical (unpaired) electrons. The first kappa shape index (κ1) is 49.7. The molecule has 0 saturated heterocycles. The minimum atomic E-state index is -0.653. The Balaban J connectivity index is 3.15. The molecule has 0 rings (SSSR count). The van der Waals surface area contributed by atoms with E-state index in [2.05, 4.69) is 19.1 Å². The van der Waals surface area contributed by atoms with Crippen molar-refractivity contribution in [1.82, 2.24) is 0 Å². The van der Waals surface area contributed by atoms with Crippen LogP contribution in [0.2, 0.25) is 0 Å². The standard InChI is InChI=1S/C47H90O4/c1-2-3-4-5-6-7-8-25-29-32-35-38-41-44-47(50)51-45-42-39-36-33-30-27-24-22-20-18-16-14-12-10-9-11-13-15-17-19-21-23-26-28-31-34-37-40-43-46(48)49/h7-8H,2-6,9-45H2,1H3,(H,48,49)/b8-7-. The normalized spacial score (nSPS) is 11.5. The van der Waals surface area contributed by atoms with Crippen molar-refractivity contribution in [3.05, 3.63) is 12.2 Å². The number of carbonyl (C=O) groups is 2. The zero-order valence-electron chi connectivity index (χ0n) is 34.5. The van der Waals surface area contributed by atoms with Gasteiger partial charge in [-0.05, 0) is 44.9 Å². The molecule has 51 heavy (non-hydrogen) atoms. The van der Waals surface area contributed by atoms with E-state index in [1.165, 1.54) is 218 Å². The average molecular weight is 719 g/mol. The first-order chi connectivity index (χ1) is 25.2. The predicted molar refractivity (Wildman–Crippen MR) is 223 cm³/mol. The maximum Gasteiger partial charge on any atom is 0.305 e. The highest BCUT2D eigenvalue weighted by Gasteiger charge is 2.03. The first-order valence-electron chi connectivity index (χ1n) is 23.2. The van der Waals surface area contributed by atoms with Crippen LogP contribution < -0.4 is 0 Å². The van der Waals surface area contributed by atoms with Crippen molar-refractivity contribution in [2.45, 2.75) is 270 Å². The van der Waals surface area contributed by atoms with Crippen LogP contribution in [0.5, 0.6) is 0 Å². The summed E-state index contributed by atoms with van der Waals surface area (Å²) in [5.41, 5.74) is 0. The Kier molecular flexibility index (Phi) is 43.7. The summed E-state index contributed by atoms with van der Waals surface area (Å²) in [6, 6.07) is 0. The number of carbonyl (C=O) groups excluding carboxylic acids is 1. The van der Waals surface area contributed by atoms with Crippen molar-refractivity contribution in [3.8, 4) is 0 Å². The number of carboxylic acids is 1. The zero-order chi connectivity index (χ0) is 37.0. The van der Waals surface area contributed by atoms with Crippen LogP contribution in [-0.4, -0.2) is 23.7 Å². The molecule has 0 heterocycles. The predicted octanol–water partition coefficient (Wildman–Crippen LogP) is 16.2. The summed E-state index contributed by atoms with van der Waals surface area (Å²) in [5, 5.41) is 8.65. The van der Waals surface area contributed by atoms with Crippen LogP contribution in [0.25, 0.3) is 0 Å². The number of carboxylic acid groups (broad SMARTS) is 1. The van der Waals surface area contributed by atoms with Gasteiger partial charge in [-0.15, -0.1) is 0 Å². The van der Waals surface area contributed by atoms with Gasteiger partial charge in [-0.3, -0.25) is 9.59 Å². The quantitative estimate of drug-likeness (QED) is 0.0387. The number of hydrogen-bond acceptors (Lipinski definition) is 3. The third-order valence-electron chi connectivity index (χ3n) is 10.7. The highest BCUT2D eigenvalue weighted by Crippen LogP contribution is 2.17. The molecule has 0 aliphatic heterocycles. The number of ether oxygens (including phenoxy) is 1. The summed E-state index contributed by atoms with van der Waals surface area (Å²) >= 11 is 0. The van der Waals surface area contributed by atoms with Gasteiger partial charge in [0, 0.05) is 12.8 Å². The van der Waals surface area contributed by atoms with E-state index in [4.69, 9.17) is 9.84 Å². The van der Waals surface area contributed by atoms with Crippen LogP contribution in [0.15, 0.2) is 12.2 Å². The molecule has 0 amide bonds. The van der Waals surface area contributed by atoms with E-state index in [0.29, 0.717) is 19.4 Å². The molecule has 0 aliphatic carbocycles. The van der Waals surface area contributed by atoms with Gasteiger partial charge in [-0.25, -0.2) is 0 Å². The second-order valence-electron chi connectivity index (χ2n) is 15.9. The second-order valence-corrected chi connectivity index (χ2v) is 15.9. The largest absolute Gasteiger partial charge is 0.481 e. The van der Waals surface area contributed by atoms with Crippen LogP contribution in [0.3, 0.4) is 0 Å². The monoisotopic (exact) mass is 719 g/mol. The minimum absolute atomic E-state index is 0.0116. The number of rotatable bonds is 44. The van der Waals surface area contributed by atoms with Crippen molar-refractivity contribution >= 4 is 11.9 Å². The summed E-state index contributed by atoms with van der Waals surface area (Å²) < 4.78 is 5.46. The molecule has 0 aromatic carbocycles. The van der Waals surface area contributed by atoms with Crippen LogP contribution in [0.4, 0.5) is 0 Å². The molecule has 0 aromatic heterocycles. The molecule has 0 aliphatic rings. The highest BCUT2D eigenvalue weighted by atomic mass is 16.5. The molecule has 0 unspecified atom stereocenters. The molecule has 0 atom stereocenters. The third-order valence-corrected chi connectivity index (χ3v) is 10.7. The maximum atomic E-state index is 12.0. The van der Waals surface area contributed by atoms with Gasteiger partial charge >= 0.3 is 11.9 Å². The molecule has 0 fully saturated rings. The summed E-state index contributed by atoms with van der Waals surface area (Å²) in [6.07, 6.45) is 57.0. The molecular formula is C47H90O4. The lowest BCUT2D eigenvalue weighted by molar-refractivity contribution is -0.144. The molecule has 0 bridgehead atoms. The molecular weight excluding hydrogens is 629 g/mol. The van der Waals surface area contributed by atoms with Gasteiger partial charge in [-0.2, -0.15) is 0 Å². The Morgan fingerprint density at radius 2 is 0.647 bits per heavy atom. The number of unbranched alkanes of at least 4 members (excludes halogenated alkanes) is 36. The molecule has 4 nitrogen and oxygen atoms in total. The molecule has 0 aromatic rings. The van der Waals surface area contributed by atoms with E-state index >= 15 is 0 Å². The van der Waals surface area contributed by atoms with E-state index in [-0.39, 0.29) is 5.97 Å². The third kappa shape index (κ3) is 46.7. The Labute approximate surface area is 319 Å². The maximum absolute atomic E-state index is 12.0. The van der Waals surface area contributed by atoms with Gasteiger partial charge in [0.05, 0.1) is 6.61 Å². The van der Waals surface area contributed by atoms with Gasteiger partial charge in [0.25, 0.3) is 0 Å². The van der Waals surface area contributed by atoms with E-state index in [1.807, 2.05) is 0 Å². The van der Waals surface area contributed by atoms with Crippen molar-refractivity contribution in [2.75, 3.05) is 6.61 Å². The summed E-state index contributed by atoms with van der Waals surface area (Å²) in [5.74, 6) is -0.642. The van der Waals surface area contributed by atoms with Crippen LogP contribution in [0.1, 0.15) is 270 Å². The van der Waals surface area contributed by atoms with Crippen molar-refractivity contribution < 1.29 is 19.4 Å². The molecule has 0 spiro atoms. The second kappa shape index (κ2) is 44.8. The number of hydrogen-bond donors (Lipinski definition) is 1. The Morgan fingerprint density at radius 1 is 0.373 bits per heavy atom. The fourth-order valence-corrected chi connectivity index (χ4v) is 7.22. The van der Waals surface area contributed by atoms with Gasteiger partial charge in [0.2, 0.25) is 0 Å². The zero-order valence-corrected chi connectivity index (χ0v) is 34.5. The fourth-order valence-electron chi connectivity index (χ4n) is 7.22. The van der Waals surface area contributed by atoms with Crippen molar-refractivity contribution in [2.24, 2.45) is 0 Å². The van der Waals surface area contributed by atoms with Crippen molar-refractivity contribution in [1.29, 1.82) is 0 Å². The summed E-state index contributed by atoms with van der Waals surface area (Å²) in [6.45, 7) is 2.88. The van der Waals surface area contributed by atoms with Gasteiger partial charge in [0.1, 0.15) is 0 Å². The van der Waals surface area contributed by atoms with E-state index in [9.17, 15) is 9.59 Å².